The van der Waals surface area contributed by atoms with Crippen LogP contribution in [0.15, 0.2) is 0 Å². The van der Waals surface area contributed by atoms with E-state index in [1.54, 1.807) is 0 Å². The number of alkyl halides is 1. The van der Waals surface area contributed by atoms with Crippen LogP contribution in [0.2, 0.25) is 0 Å². The molecule has 0 heterocycles. The largest absolute Gasteiger partial charge is 0.726 e. The van der Waals surface area contributed by atoms with Gasteiger partial charge in [0.1, 0.15) is 11.7 Å². The van der Waals surface area contributed by atoms with Crippen LogP contribution < -0.4 is 5.73 Å². The monoisotopic (exact) mass is 274 g/mol. The molecule has 3 N–H and O–H groups in total. The minimum Gasteiger partial charge on any atom is -0.726 e. The van der Waals surface area contributed by atoms with Crippen molar-refractivity contribution in [3.8, 4) is 0 Å². The average Bonchev–Trinajstić information content (AvgIpc) is 1.98. The quantitative estimate of drug-likeness (QED) is 0.533. The first-order chi connectivity index (χ1) is 7.39. The summed E-state index contributed by atoms with van der Waals surface area (Å²) in [6.07, 6.45) is -0.150. The smallest absolute Gasteiger partial charge is 0.320 e. The van der Waals surface area contributed by atoms with Gasteiger partial charge in [-0.2, -0.15) is 0 Å². The molecule has 17 heavy (non-hydrogen) atoms. The second-order valence-corrected chi connectivity index (χ2v) is 4.73. The summed E-state index contributed by atoms with van der Waals surface area (Å²) >= 11 is 0. The molecular formula is C8H17FNO6S-. The third-order valence-corrected chi connectivity index (χ3v) is 1.81. The van der Waals surface area contributed by atoms with E-state index in [1.165, 1.54) is 20.8 Å². The van der Waals surface area contributed by atoms with Gasteiger partial charge in [0.25, 0.3) is 0 Å². The van der Waals surface area contributed by atoms with Crippen molar-refractivity contribution in [3.63, 3.8) is 0 Å². The van der Waals surface area contributed by atoms with Crippen LogP contribution in [0.1, 0.15) is 27.2 Å². The third-order valence-electron chi connectivity index (χ3n) is 1.28. The van der Waals surface area contributed by atoms with Crippen LogP contribution >= 0.6 is 0 Å². The van der Waals surface area contributed by atoms with E-state index in [1.807, 2.05) is 0 Å². The number of hydrogen-bond donors (Lipinski definition) is 2. The topological polar surface area (TPSA) is 130 Å². The predicted octanol–water partition coefficient (Wildman–Crippen LogP) is 0.0196. The van der Waals surface area contributed by atoms with Crippen molar-refractivity contribution in [2.24, 2.45) is 5.73 Å². The predicted molar refractivity (Wildman–Crippen MR) is 56.7 cm³/mol. The molecule has 0 unspecified atom stereocenters. The third kappa shape index (κ3) is 17.8. The zero-order valence-corrected chi connectivity index (χ0v) is 10.7. The fourth-order valence-electron chi connectivity index (χ4n) is 0.755. The molecule has 0 rings (SSSR count). The number of carboxylic acids is 1. The summed E-state index contributed by atoms with van der Waals surface area (Å²) in [7, 11) is -4.42. The molecule has 0 aliphatic heterocycles. The molecule has 0 aromatic rings. The van der Waals surface area contributed by atoms with Crippen LogP contribution in [0, 0.1) is 0 Å². The Bertz CT molecular complexity index is 323. The fraction of sp³-hybridized carbons (Fsp3) is 0.875. The lowest BCUT2D eigenvalue weighted by Gasteiger charge is -2.15. The van der Waals surface area contributed by atoms with Crippen molar-refractivity contribution in [3.05, 3.63) is 0 Å². The van der Waals surface area contributed by atoms with Crippen LogP contribution in [0.3, 0.4) is 0 Å². The van der Waals surface area contributed by atoms with E-state index in [0.717, 1.165) is 0 Å². The van der Waals surface area contributed by atoms with Gasteiger partial charge in [-0.3, -0.25) is 8.98 Å². The van der Waals surface area contributed by atoms with E-state index in [2.05, 4.69) is 4.18 Å². The van der Waals surface area contributed by atoms with Gasteiger partial charge in [-0.1, -0.05) is 0 Å². The molecular weight excluding hydrogens is 257 g/mol. The first-order valence-corrected chi connectivity index (χ1v) is 6.00. The van der Waals surface area contributed by atoms with Crippen LogP contribution in [0.5, 0.6) is 0 Å². The van der Waals surface area contributed by atoms with Crippen LogP contribution in [-0.4, -0.2) is 42.4 Å². The number of nitrogens with two attached hydrogens (primary N) is 1. The highest BCUT2D eigenvalue weighted by Gasteiger charge is 2.23. The van der Waals surface area contributed by atoms with E-state index >= 15 is 0 Å². The van der Waals surface area contributed by atoms with E-state index in [0.29, 0.717) is 0 Å². The molecule has 1 atom stereocenters. The van der Waals surface area contributed by atoms with E-state index in [4.69, 9.17) is 10.8 Å². The van der Waals surface area contributed by atoms with Gasteiger partial charge < -0.3 is 15.4 Å². The van der Waals surface area contributed by atoms with Crippen molar-refractivity contribution in [1.82, 2.24) is 0 Å². The van der Waals surface area contributed by atoms with Gasteiger partial charge in [-0.15, -0.1) is 0 Å². The van der Waals surface area contributed by atoms with Gasteiger partial charge >= 0.3 is 5.97 Å². The number of carbonyl (C=O) groups is 1. The van der Waals surface area contributed by atoms with Crippen molar-refractivity contribution in [2.45, 2.75) is 38.9 Å². The van der Waals surface area contributed by atoms with E-state index in [9.17, 15) is 22.2 Å². The first kappa shape index (κ1) is 18.6. The molecule has 0 radical (unpaired) electrons. The van der Waals surface area contributed by atoms with E-state index in [-0.39, 0.29) is 13.0 Å². The minimum atomic E-state index is -4.42. The van der Waals surface area contributed by atoms with Gasteiger partial charge in [0.05, 0.1) is 6.61 Å². The molecule has 0 saturated carbocycles. The number of aliphatic carboxylic acids is 1. The van der Waals surface area contributed by atoms with Gasteiger partial charge in [-0.25, -0.2) is 12.8 Å². The molecule has 0 amide bonds. The SMILES string of the molecule is CC(C)(F)C[C@H](N)C(=O)O.CCOS(=O)(=O)[O-]. The Hall–Kier alpha value is -0.770. The Kier molecular flexibility index (Phi) is 8.24. The van der Waals surface area contributed by atoms with Crippen molar-refractivity contribution in [2.75, 3.05) is 6.61 Å². The highest BCUT2D eigenvalue weighted by Crippen LogP contribution is 2.14. The molecule has 0 aromatic carbocycles. The second kappa shape index (κ2) is 7.54. The lowest BCUT2D eigenvalue weighted by atomic mass is 10.0. The maximum Gasteiger partial charge on any atom is 0.320 e. The number of hydrogen-bond acceptors (Lipinski definition) is 6. The maximum atomic E-state index is 12.7. The molecule has 0 aliphatic rings. The summed E-state index contributed by atoms with van der Waals surface area (Å²) in [5, 5.41) is 8.25. The highest BCUT2D eigenvalue weighted by molar-refractivity contribution is 7.80. The maximum absolute atomic E-state index is 12.7. The summed E-state index contributed by atoms with van der Waals surface area (Å²) in [6, 6.07) is -1.10. The number of halogens is 1. The molecule has 0 aliphatic carbocycles. The summed E-state index contributed by atoms with van der Waals surface area (Å²) in [6.45, 7) is 3.94. The molecule has 0 saturated heterocycles. The standard InChI is InChI=1S/C6H12FNO2.C2H6O4S/c1-6(2,7)3-4(8)5(9)10;1-2-6-7(3,4)5/h4H,3,8H2,1-2H3,(H,9,10);2H2,1H3,(H,3,4,5)/p-1/t4-;/m0./s1. The Morgan fingerprint density at radius 2 is 2.00 bits per heavy atom. The second-order valence-electron chi connectivity index (χ2n) is 3.68. The van der Waals surface area contributed by atoms with Crippen molar-refractivity contribution in [1.29, 1.82) is 0 Å². The van der Waals surface area contributed by atoms with E-state index < -0.39 is 28.1 Å². The molecule has 0 aromatic heterocycles. The number of rotatable bonds is 5. The highest BCUT2D eigenvalue weighted by atomic mass is 32.3. The van der Waals surface area contributed by atoms with Crippen LogP contribution in [0.25, 0.3) is 0 Å². The summed E-state index contributed by atoms with van der Waals surface area (Å²) in [5.41, 5.74) is 3.56. The first-order valence-electron chi connectivity index (χ1n) is 4.66. The summed E-state index contributed by atoms with van der Waals surface area (Å²) in [4.78, 5) is 10.1. The summed E-state index contributed by atoms with van der Waals surface area (Å²) < 4.78 is 44.7. The molecule has 0 bridgehead atoms. The van der Waals surface area contributed by atoms with Gasteiger partial charge in [0.15, 0.2) is 0 Å². The molecule has 0 spiro atoms. The minimum absolute atomic E-state index is 0.0914. The number of carboxylic acid groups (broad SMARTS) is 1. The Labute approximate surface area is 99.7 Å². The zero-order valence-electron chi connectivity index (χ0n) is 9.84. The fourth-order valence-corrected chi connectivity index (χ4v) is 1.04. The average molecular weight is 274 g/mol. The van der Waals surface area contributed by atoms with Crippen LogP contribution in [0.4, 0.5) is 4.39 Å². The Morgan fingerprint density at radius 1 is 1.59 bits per heavy atom. The molecule has 7 nitrogen and oxygen atoms in total. The molecule has 9 heteroatoms. The van der Waals surface area contributed by atoms with Gasteiger partial charge in [0, 0.05) is 6.42 Å². The normalized spacial score (nSPS) is 13.5. The van der Waals surface area contributed by atoms with Gasteiger partial charge in [0.2, 0.25) is 10.4 Å². The Morgan fingerprint density at radius 3 is 2.06 bits per heavy atom. The molecule has 104 valence electrons. The van der Waals surface area contributed by atoms with Crippen molar-refractivity contribution < 1.29 is 31.4 Å². The van der Waals surface area contributed by atoms with Gasteiger partial charge in [-0.05, 0) is 20.8 Å². The Balaban J connectivity index is 0. The lowest BCUT2D eigenvalue weighted by molar-refractivity contribution is -0.139. The zero-order chi connectivity index (χ0) is 14.3. The van der Waals surface area contributed by atoms with Crippen LogP contribution in [-0.2, 0) is 19.4 Å². The molecule has 0 fully saturated rings. The summed E-state index contributed by atoms with van der Waals surface area (Å²) in [5.74, 6) is -1.16. The van der Waals surface area contributed by atoms with Crippen molar-refractivity contribution >= 4 is 16.4 Å². The lowest BCUT2D eigenvalue weighted by Crippen LogP contribution is -2.35.